The van der Waals surface area contributed by atoms with Crippen LogP contribution in [0.25, 0.3) is 22.4 Å². The van der Waals surface area contributed by atoms with Crippen LogP contribution >= 0.6 is 23.2 Å². The lowest BCUT2D eigenvalue weighted by atomic mass is 10.0. The number of carbonyl (C=O) groups is 1. The quantitative estimate of drug-likeness (QED) is 0.197. The number of hydrogen-bond acceptors (Lipinski definition) is 7. The van der Waals surface area contributed by atoms with Gasteiger partial charge in [0.25, 0.3) is 5.91 Å². The van der Waals surface area contributed by atoms with E-state index in [1.54, 1.807) is 48.3 Å². The Morgan fingerprint density at radius 3 is 2.50 bits per heavy atom. The number of amides is 1. The van der Waals surface area contributed by atoms with Crippen LogP contribution in [-0.4, -0.2) is 68.7 Å². The van der Waals surface area contributed by atoms with E-state index in [1.807, 2.05) is 11.9 Å². The van der Waals surface area contributed by atoms with Gasteiger partial charge in [-0.2, -0.15) is 23.3 Å². The largest absolute Gasteiger partial charge is 0.438 e. The summed E-state index contributed by atoms with van der Waals surface area (Å²) >= 11 is 12.5. The van der Waals surface area contributed by atoms with Crippen LogP contribution in [0.5, 0.6) is 11.6 Å². The van der Waals surface area contributed by atoms with Crippen molar-refractivity contribution in [2.45, 2.75) is 12.7 Å². The van der Waals surface area contributed by atoms with E-state index in [2.05, 4.69) is 25.3 Å². The minimum absolute atomic E-state index is 0.000731. The molecule has 0 atom stereocenters. The molecule has 2 aromatic heterocycles. The number of nitrogens with zero attached hydrogens (tertiary/aromatic N) is 6. The Kier molecular flexibility index (Phi) is 8.88. The minimum atomic E-state index is -4.60. The number of benzene rings is 3. The number of aromatic nitrogens is 4. The Morgan fingerprint density at radius 1 is 0.978 bits per heavy atom. The Bertz CT molecular complexity index is 1920. The van der Waals surface area contributed by atoms with Crippen LogP contribution in [0, 0.1) is 0 Å². The van der Waals surface area contributed by atoms with Crippen LogP contribution in [0.4, 0.5) is 18.9 Å². The first-order chi connectivity index (χ1) is 21.9. The maximum atomic E-state index is 14.1. The summed E-state index contributed by atoms with van der Waals surface area (Å²) in [5.41, 5.74) is 0.362. The summed E-state index contributed by atoms with van der Waals surface area (Å²) in [5, 5.41) is 8.05. The lowest BCUT2D eigenvalue weighted by Crippen LogP contribution is -2.44. The molecule has 0 bridgehead atoms. The predicted molar refractivity (Wildman–Crippen MR) is 170 cm³/mol. The maximum absolute atomic E-state index is 14.1. The van der Waals surface area contributed by atoms with E-state index < -0.39 is 17.6 Å². The van der Waals surface area contributed by atoms with E-state index in [4.69, 9.17) is 27.9 Å². The second-order valence-corrected chi connectivity index (χ2v) is 11.9. The van der Waals surface area contributed by atoms with Crippen molar-refractivity contribution in [3.63, 3.8) is 0 Å². The highest BCUT2D eigenvalue weighted by Crippen LogP contribution is 2.36. The highest BCUT2D eigenvalue weighted by atomic mass is 35.5. The molecule has 9 nitrogen and oxygen atoms in total. The van der Waals surface area contributed by atoms with Crippen LogP contribution in [0.1, 0.15) is 21.5 Å². The average Bonchev–Trinajstić information content (AvgIpc) is 3.40. The second-order valence-electron chi connectivity index (χ2n) is 11.0. The van der Waals surface area contributed by atoms with Gasteiger partial charge in [-0.05, 0) is 55.1 Å². The smallest absolute Gasteiger partial charge is 0.416 e. The van der Waals surface area contributed by atoms with Crippen LogP contribution in [-0.2, 0) is 19.8 Å². The van der Waals surface area contributed by atoms with Crippen LogP contribution in [0.15, 0.2) is 66.9 Å². The normalized spacial score (nSPS) is 14.5. The molecule has 3 aromatic carbocycles. The number of aryl methyl sites for hydroxylation is 1. The predicted octanol–water partition coefficient (Wildman–Crippen LogP) is 7.15. The molecule has 1 amide bonds. The third-order valence-corrected chi connectivity index (χ3v) is 8.17. The number of fused-ring (bicyclic) bond motifs is 1. The summed E-state index contributed by atoms with van der Waals surface area (Å²) in [6, 6.07) is 15.2. The molecule has 0 unspecified atom stereocenters. The number of ether oxygens (including phenoxy) is 1. The molecular formula is C32H28Cl2F3N7O2. The number of likely N-dealkylation sites (N-methyl/N-ethyl adjacent to an activating group) is 1. The highest BCUT2D eigenvalue weighted by Gasteiger charge is 2.34. The summed E-state index contributed by atoms with van der Waals surface area (Å²) in [7, 11) is 3.72. The lowest BCUT2D eigenvalue weighted by Gasteiger charge is -2.33. The number of alkyl halides is 3. The van der Waals surface area contributed by atoms with Gasteiger partial charge >= 0.3 is 6.18 Å². The Hall–Kier alpha value is -4.23. The number of anilines is 1. The number of hydrogen-bond donors (Lipinski definition) is 1. The monoisotopic (exact) mass is 669 g/mol. The topological polar surface area (TPSA) is 88.4 Å². The Morgan fingerprint density at radius 2 is 1.76 bits per heavy atom. The molecule has 46 heavy (non-hydrogen) atoms. The fraction of sp³-hybridized carbons (Fsp3) is 0.250. The highest BCUT2D eigenvalue weighted by molar-refractivity contribution is 6.34. The van der Waals surface area contributed by atoms with Gasteiger partial charge in [-0.25, -0.2) is 4.98 Å². The lowest BCUT2D eigenvalue weighted by molar-refractivity contribution is -0.138. The van der Waals surface area contributed by atoms with Crippen LogP contribution < -0.4 is 10.1 Å². The summed E-state index contributed by atoms with van der Waals surface area (Å²) in [6.45, 7) is 3.08. The zero-order valence-electron chi connectivity index (χ0n) is 24.8. The van der Waals surface area contributed by atoms with Gasteiger partial charge in [0.2, 0.25) is 5.88 Å². The molecule has 1 aliphatic rings. The molecule has 3 heterocycles. The van der Waals surface area contributed by atoms with Crippen molar-refractivity contribution in [1.29, 1.82) is 0 Å². The van der Waals surface area contributed by atoms with Gasteiger partial charge in [0.15, 0.2) is 11.5 Å². The number of carbonyl (C=O) groups excluding carboxylic acids is 1. The first-order valence-corrected chi connectivity index (χ1v) is 15.1. The van der Waals surface area contributed by atoms with Gasteiger partial charge in [-0.3, -0.25) is 14.4 Å². The first-order valence-electron chi connectivity index (χ1n) is 14.3. The average molecular weight is 671 g/mol. The third kappa shape index (κ3) is 7.10. The molecule has 0 aliphatic carbocycles. The van der Waals surface area contributed by atoms with Gasteiger partial charge < -0.3 is 15.0 Å². The van der Waals surface area contributed by atoms with Crippen LogP contribution in [0.3, 0.4) is 0 Å². The van der Waals surface area contributed by atoms with Crippen LogP contribution in [0.2, 0.25) is 10.0 Å². The zero-order chi connectivity index (χ0) is 32.6. The summed E-state index contributed by atoms with van der Waals surface area (Å²) in [4.78, 5) is 26.6. The standard InChI is InChI=1S/C32H28Cl2F3N7O2/c1-42-10-12-44(13-11-42)17-20-6-7-22(15-26(20)32(35,36)37)38-30(45)24-16-23(8-9-27(24)34)46-31-25-18-43(2)41-29(25)39-28(40-31)19-4-3-5-21(33)14-19/h3-9,14-16,18H,10-13,17H2,1-2H3,(H,38,45). The van der Waals surface area contributed by atoms with E-state index in [1.165, 1.54) is 24.3 Å². The van der Waals surface area contributed by atoms with E-state index in [-0.39, 0.29) is 40.0 Å². The molecule has 0 spiro atoms. The van der Waals surface area contributed by atoms with Gasteiger partial charge in [0.1, 0.15) is 11.1 Å². The maximum Gasteiger partial charge on any atom is 0.416 e. The molecule has 1 aliphatic heterocycles. The van der Waals surface area contributed by atoms with E-state index in [0.29, 0.717) is 40.5 Å². The molecule has 1 saturated heterocycles. The Balaban J connectivity index is 1.26. The molecule has 0 saturated carbocycles. The fourth-order valence-electron chi connectivity index (χ4n) is 5.18. The minimum Gasteiger partial charge on any atom is -0.438 e. The zero-order valence-corrected chi connectivity index (χ0v) is 26.3. The van der Waals surface area contributed by atoms with E-state index >= 15 is 0 Å². The molecule has 0 radical (unpaired) electrons. The number of halogens is 5. The van der Waals surface area contributed by atoms with Crippen molar-refractivity contribution in [3.05, 3.63) is 93.6 Å². The molecule has 5 aromatic rings. The second kappa shape index (κ2) is 12.9. The molecule has 6 rings (SSSR count). The Labute approximate surface area is 272 Å². The van der Waals surface area contributed by atoms with Crippen molar-refractivity contribution >= 4 is 45.8 Å². The van der Waals surface area contributed by atoms with Crippen molar-refractivity contribution in [1.82, 2.24) is 29.5 Å². The van der Waals surface area contributed by atoms with Crippen molar-refractivity contribution < 1.29 is 22.7 Å². The van der Waals surface area contributed by atoms with Crippen molar-refractivity contribution in [2.75, 3.05) is 38.5 Å². The summed E-state index contributed by atoms with van der Waals surface area (Å²) < 4.78 is 50.0. The molecule has 1 N–H and O–H groups in total. The van der Waals surface area contributed by atoms with E-state index in [0.717, 1.165) is 19.2 Å². The molecule has 14 heteroatoms. The number of nitrogens with one attached hydrogen (secondary N) is 1. The van der Waals surface area contributed by atoms with E-state index in [9.17, 15) is 18.0 Å². The van der Waals surface area contributed by atoms with Crippen molar-refractivity contribution in [3.8, 4) is 23.0 Å². The van der Waals surface area contributed by atoms with Gasteiger partial charge in [0.05, 0.1) is 16.1 Å². The van der Waals surface area contributed by atoms with Gasteiger partial charge in [-0.15, -0.1) is 0 Å². The summed E-state index contributed by atoms with van der Waals surface area (Å²) in [5.74, 6) is 0.0119. The summed E-state index contributed by atoms with van der Waals surface area (Å²) in [6.07, 6.45) is -2.91. The number of rotatable bonds is 7. The first kappa shape index (κ1) is 31.7. The van der Waals surface area contributed by atoms with Crippen molar-refractivity contribution in [2.24, 2.45) is 7.05 Å². The fourth-order valence-corrected chi connectivity index (χ4v) is 5.57. The van der Waals surface area contributed by atoms with Gasteiger partial charge in [-0.1, -0.05) is 41.4 Å². The number of piperazine rings is 1. The van der Waals surface area contributed by atoms with Gasteiger partial charge in [0, 0.05) is 62.2 Å². The molecular weight excluding hydrogens is 642 g/mol. The SMILES string of the molecule is CN1CCN(Cc2ccc(NC(=O)c3cc(Oc4nc(-c5cccc(Cl)c5)nc5nn(C)cc45)ccc3Cl)cc2C(F)(F)F)CC1. The molecule has 1 fully saturated rings. The molecule has 238 valence electrons. The third-order valence-electron chi connectivity index (χ3n) is 7.60.